The topological polar surface area (TPSA) is 4.93 Å². The Kier molecular flexibility index (Phi) is 2.95. The number of benzene rings is 1. The second-order valence-corrected chi connectivity index (χ2v) is 4.26. The minimum Gasteiger partial charge on any atom is -0.324 e. The first-order chi connectivity index (χ1) is 7.72. The molecule has 1 aromatic carbocycles. The molecule has 0 amide bonds. The van der Waals surface area contributed by atoms with Gasteiger partial charge < -0.3 is 4.57 Å². The minimum atomic E-state index is 0.584. The second kappa shape index (κ2) is 4.40. The van der Waals surface area contributed by atoms with Gasteiger partial charge in [-0.1, -0.05) is 44.7 Å². The van der Waals surface area contributed by atoms with E-state index < -0.39 is 0 Å². The SMILES string of the molecule is C=Cn1cccc1-c1ccc(C(C)C)cc1. The first-order valence-corrected chi connectivity index (χ1v) is 5.62. The largest absolute Gasteiger partial charge is 0.324 e. The summed E-state index contributed by atoms with van der Waals surface area (Å²) >= 11 is 0. The van der Waals surface area contributed by atoms with Crippen LogP contribution in [0.15, 0.2) is 49.2 Å². The Hall–Kier alpha value is -1.76. The maximum atomic E-state index is 3.80. The molecule has 0 unspecified atom stereocenters. The molecule has 0 saturated heterocycles. The number of nitrogens with zero attached hydrogens (tertiary/aromatic N) is 1. The standard InChI is InChI=1S/C15H17N/c1-4-16-11-5-6-15(16)14-9-7-13(8-10-14)12(2)3/h4-12H,1H2,2-3H3. The summed E-state index contributed by atoms with van der Waals surface area (Å²) in [7, 11) is 0. The Balaban J connectivity index is 2.38. The highest BCUT2D eigenvalue weighted by Gasteiger charge is 2.03. The fraction of sp³-hybridized carbons (Fsp3) is 0.200. The normalized spacial score (nSPS) is 10.7. The Morgan fingerprint density at radius 3 is 2.38 bits per heavy atom. The summed E-state index contributed by atoms with van der Waals surface area (Å²) in [5.41, 5.74) is 3.79. The molecule has 1 aromatic heterocycles. The quantitative estimate of drug-likeness (QED) is 0.710. The predicted molar refractivity (Wildman–Crippen MR) is 70.3 cm³/mol. The smallest absolute Gasteiger partial charge is 0.0522 e. The van der Waals surface area contributed by atoms with Gasteiger partial charge in [0.1, 0.15) is 0 Å². The van der Waals surface area contributed by atoms with Crippen molar-refractivity contribution in [3.8, 4) is 11.3 Å². The zero-order chi connectivity index (χ0) is 11.5. The van der Waals surface area contributed by atoms with Crippen molar-refractivity contribution in [3.63, 3.8) is 0 Å². The van der Waals surface area contributed by atoms with Crippen LogP contribution in [0, 0.1) is 0 Å². The fourth-order valence-electron chi connectivity index (χ4n) is 1.84. The summed E-state index contributed by atoms with van der Waals surface area (Å²) in [6, 6.07) is 12.9. The lowest BCUT2D eigenvalue weighted by Crippen LogP contribution is -1.90. The average molecular weight is 211 g/mol. The van der Waals surface area contributed by atoms with Crippen LogP contribution in [0.3, 0.4) is 0 Å². The molecule has 2 rings (SSSR count). The third-order valence-corrected chi connectivity index (χ3v) is 2.85. The van der Waals surface area contributed by atoms with Crippen LogP contribution in [-0.2, 0) is 0 Å². The number of hydrogen-bond acceptors (Lipinski definition) is 0. The van der Waals surface area contributed by atoms with Crippen molar-refractivity contribution in [2.24, 2.45) is 0 Å². The highest BCUT2D eigenvalue weighted by Crippen LogP contribution is 2.23. The van der Waals surface area contributed by atoms with Gasteiger partial charge in [-0.15, -0.1) is 0 Å². The molecule has 0 saturated carbocycles. The van der Waals surface area contributed by atoms with Gasteiger partial charge in [-0.05, 0) is 29.2 Å². The molecule has 0 bridgehead atoms. The third-order valence-electron chi connectivity index (χ3n) is 2.85. The summed E-state index contributed by atoms with van der Waals surface area (Å²) in [4.78, 5) is 0. The van der Waals surface area contributed by atoms with Gasteiger partial charge in [-0.25, -0.2) is 0 Å². The predicted octanol–water partition coefficient (Wildman–Crippen LogP) is 4.38. The molecule has 0 N–H and O–H groups in total. The lowest BCUT2D eigenvalue weighted by atomic mass is 10.0. The van der Waals surface area contributed by atoms with E-state index in [1.54, 1.807) is 0 Å². The van der Waals surface area contributed by atoms with E-state index in [0.717, 1.165) is 0 Å². The van der Waals surface area contributed by atoms with Gasteiger partial charge in [0.05, 0.1) is 5.69 Å². The van der Waals surface area contributed by atoms with E-state index in [0.29, 0.717) is 5.92 Å². The highest BCUT2D eigenvalue weighted by molar-refractivity contribution is 5.63. The Morgan fingerprint density at radius 2 is 1.81 bits per heavy atom. The van der Waals surface area contributed by atoms with E-state index in [1.165, 1.54) is 16.8 Å². The molecule has 1 nitrogen and oxygen atoms in total. The van der Waals surface area contributed by atoms with Crippen LogP contribution in [0.5, 0.6) is 0 Å². The molecule has 0 spiro atoms. The average Bonchev–Trinajstić information content (AvgIpc) is 2.77. The van der Waals surface area contributed by atoms with E-state index in [1.807, 2.05) is 23.0 Å². The van der Waals surface area contributed by atoms with E-state index in [-0.39, 0.29) is 0 Å². The van der Waals surface area contributed by atoms with Gasteiger partial charge in [-0.2, -0.15) is 0 Å². The first-order valence-electron chi connectivity index (χ1n) is 5.62. The third kappa shape index (κ3) is 1.94. The van der Waals surface area contributed by atoms with Crippen LogP contribution in [0.4, 0.5) is 0 Å². The van der Waals surface area contributed by atoms with E-state index in [2.05, 4.69) is 50.8 Å². The fourth-order valence-corrected chi connectivity index (χ4v) is 1.84. The molecule has 82 valence electrons. The van der Waals surface area contributed by atoms with Crippen molar-refractivity contribution in [1.29, 1.82) is 0 Å². The van der Waals surface area contributed by atoms with Gasteiger partial charge in [-0.3, -0.25) is 0 Å². The first kappa shape index (κ1) is 10.7. The zero-order valence-electron chi connectivity index (χ0n) is 9.85. The van der Waals surface area contributed by atoms with E-state index in [9.17, 15) is 0 Å². The molecule has 1 heterocycles. The molecular formula is C15H17N. The maximum Gasteiger partial charge on any atom is 0.0522 e. The summed E-state index contributed by atoms with van der Waals surface area (Å²) < 4.78 is 2.03. The lowest BCUT2D eigenvalue weighted by Gasteiger charge is -2.08. The van der Waals surface area contributed by atoms with Crippen molar-refractivity contribution in [3.05, 3.63) is 54.7 Å². The van der Waals surface area contributed by atoms with Gasteiger partial charge in [0.15, 0.2) is 0 Å². The van der Waals surface area contributed by atoms with Crippen LogP contribution >= 0.6 is 0 Å². The lowest BCUT2D eigenvalue weighted by molar-refractivity contribution is 0.867. The summed E-state index contributed by atoms with van der Waals surface area (Å²) in [5, 5.41) is 0. The number of hydrogen-bond donors (Lipinski definition) is 0. The second-order valence-electron chi connectivity index (χ2n) is 4.26. The molecule has 1 heteroatoms. The minimum absolute atomic E-state index is 0.584. The van der Waals surface area contributed by atoms with Gasteiger partial charge >= 0.3 is 0 Å². The van der Waals surface area contributed by atoms with Crippen molar-refractivity contribution in [2.75, 3.05) is 0 Å². The van der Waals surface area contributed by atoms with Crippen LogP contribution in [-0.4, -0.2) is 4.57 Å². The molecule has 0 atom stereocenters. The Labute approximate surface area is 97.0 Å². The van der Waals surface area contributed by atoms with E-state index in [4.69, 9.17) is 0 Å². The number of aromatic nitrogens is 1. The molecular weight excluding hydrogens is 194 g/mol. The van der Waals surface area contributed by atoms with Crippen LogP contribution in [0.1, 0.15) is 25.3 Å². The monoisotopic (exact) mass is 211 g/mol. The Morgan fingerprint density at radius 1 is 1.12 bits per heavy atom. The molecule has 16 heavy (non-hydrogen) atoms. The Bertz CT molecular complexity index is 474. The molecule has 0 aliphatic carbocycles. The van der Waals surface area contributed by atoms with Crippen molar-refractivity contribution >= 4 is 6.20 Å². The van der Waals surface area contributed by atoms with Crippen molar-refractivity contribution in [2.45, 2.75) is 19.8 Å². The molecule has 2 aromatic rings. The zero-order valence-corrected chi connectivity index (χ0v) is 9.85. The van der Waals surface area contributed by atoms with Crippen LogP contribution in [0.2, 0.25) is 0 Å². The van der Waals surface area contributed by atoms with Gasteiger partial charge in [0.25, 0.3) is 0 Å². The maximum absolute atomic E-state index is 3.80. The van der Waals surface area contributed by atoms with E-state index >= 15 is 0 Å². The van der Waals surface area contributed by atoms with Crippen LogP contribution in [0.25, 0.3) is 17.5 Å². The van der Waals surface area contributed by atoms with Gasteiger partial charge in [0, 0.05) is 12.4 Å². The summed E-state index contributed by atoms with van der Waals surface area (Å²) in [5.74, 6) is 0.584. The molecule has 0 aliphatic heterocycles. The van der Waals surface area contributed by atoms with Crippen molar-refractivity contribution < 1.29 is 0 Å². The highest BCUT2D eigenvalue weighted by atomic mass is 14.9. The molecule has 0 radical (unpaired) electrons. The number of rotatable bonds is 3. The molecule has 0 aliphatic rings. The molecule has 0 fully saturated rings. The summed E-state index contributed by atoms with van der Waals surface area (Å²) in [6.07, 6.45) is 3.84. The van der Waals surface area contributed by atoms with Crippen LogP contribution < -0.4 is 0 Å². The summed E-state index contributed by atoms with van der Waals surface area (Å²) in [6.45, 7) is 8.22. The van der Waals surface area contributed by atoms with Crippen molar-refractivity contribution in [1.82, 2.24) is 4.57 Å². The van der Waals surface area contributed by atoms with Gasteiger partial charge in [0.2, 0.25) is 0 Å².